The number of aliphatic hydroxyl groups excluding tert-OH is 1. The van der Waals surface area contributed by atoms with Crippen molar-refractivity contribution in [3.05, 3.63) is 59.3 Å². The number of nitrogens with zero attached hydrogens (tertiary/aromatic N) is 3. The van der Waals surface area contributed by atoms with Crippen LogP contribution in [0.3, 0.4) is 0 Å². The van der Waals surface area contributed by atoms with Gasteiger partial charge in [-0.3, -0.25) is 0 Å². The van der Waals surface area contributed by atoms with Gasteiger partial charge in [0.15, 0.2) is 6.10 Å². The van der Waals surface area contributed by atoms with Gasteiger partial charge in [0, 0.05) is 34.9 Å². The molecule has 1 aromatic heterocycles. The summed E-state index contributed by atoms with van der Waals surface area (Å²) in [5.74, 6) is 0.944. The standard InChI is InChI=1S/C26H30FN3O5S/c1-4-36(32,5-2)30-18-8-15(3)24-19(28-14-29-20(24)11-18)9-16-6-7-17(27)10-22(16)35-23-13-34-25-21(31)12-33-26(23)25/h6-8,10-11,14,21,23,25-26,31H,4-5,9,12-13H2,1-3H3/t21-,23-,25-,26-/m1/s1. The van der Waals surface area contributed by atoms with Crippen molar-refractivity contribution < 1.29 is 27.9 Å². The van der Waals surface area contributed by atoms with Crippen molar-refractivity contribution in [1.29, 1.82) is 0 Å². The fourth-order valence-electron chi connectivity index (χ4n) is 4.84. The van der Waals surface area contributed by atoms with Gasteiger partial charge in [0.25, 0.3) is 0 Å². The van der Waals surface area contributed by atoms with Crippen LogP contribution < -0.4 is 4.74 Å². The Balaban J connectivity index is 1.48. The van der Waals surface area contributed by atoms with Crippen molar-refractivity contribution in [1.82, 2.24) is 9.97 Å². The van der Waals surface area contributed by atoms with E-state index in [2.05, 4.69) is 14.3 Å². The summed E-state index contributed by atoms with van der Waals surface area (Å²) in [6.07, 6.45) is -0.0986. The highest BCUT2D eigenvalue weighted by atomic mass is 32.2. The second-order valence-electron chi connectivity index (χ2n) is 9.17. The number of ether oxygens (including phenoxy) is 3. The maximum absolute atomic E-state index is 14.2. The minimum absolute atomic E-state index is 0.192. The van der Waals surface area contributed by atoms with Crippen LogP contribution in [0.1, 0.15) is 30.7 Å². The number of rotatable bonds is 7. The van der Waals surface area contributed by atoms with E-state index in [-0.39, 0.29) is 13.2 Å². The number of aryl methyl sites for hydroxylation is 1. The number of aromatic nitrogens is 2. The lowest BCUT2D eigenvalue weighted by Gasteiger charge is -2.20. The molecular formula is C26H30FN3O5S. The first-order valence-electron chi connectivity index (χ1n) is 12.1. The van der Waals surface area contributed by atoms with Crippen molar-refractivity contribution in [3.8, 4) is 5.75 Å². The summed E-state index contributed by atoms with van der Waals surface area (Å²) < 4.78 is 49.1. The summed E-state index contributed by atoms with van der Waals surface area (Å²) in [6, 6.07) is 8.17. The molecule has 192 valence electrons. The normalized spacial score (nSPS) is 23.7. The summed E-state index contributed by atoms with van der Waals surface area (Å²) in [7, 11) is -2.30. The van der Waals surface area contributed by atoms with Crippen molar-refractivity contribution in [2.24, 2.45) is 4.36 Å². The van der Waals surface area contributed by atoms with Gasteiger partial charge in [0.2, 0.25) is 0 Å². The zero-order valence-corrected chi connectivity index (χ0v) is 21.3. The molecule has 36 heavy (non-hydrogen) atoms. The highest BCUT2D eigenvalue weighted by Gasteiger charge is 2.48. The van der Waals surface area contributed by atoms with E-state index in [0.717, 1.165) is 22.2 Å². The van der Waals surface area contributed by atoms with Crippen LogP contribution in [0, 0.1) is 12.7 Å². The van der Waals surface area contributed by atoms with Crippen LogP contribution in [-0.4, -0.2) is 68.4 Å². The van der Waals surface area contributed by atoms with Crippen LogP contribution in [0.2, 0.25) is 0 Å². The molecule has 3 heterocycles. The van der Waals surface area contributed by atoms with Gasteiger partial charge in [-0.25, -0.2) is 18.6 Å². The zero-order chi connectivity index (χ0) is 25.4. The van der Waals surface area contributed by atoms with Crippen LogP contribution in [0.5, 0.6) is 5.75 Å². The molecule has 0 amide bonds. The fourth-order valence-corrected chi connectivity index (χ4v) is 5.99. The first-order chi connectivity index (χ1) is 17.3. The minimum atomic E-state index is -2.30. The number of fused-ring (bicyclic) bond motifs is 2. The zero-order valence-electron chi connectivity index (χ0n) is 20.5. The number of hydrogen-bond donors (Lipinski definition) is 1. The summed E-state index contributed by atoms with van der Waals surface area (Å²) in [5, 5.41) is 10.9. The smallest absolute Gasteiger partial charge is 0.151 e. The lowest BCUT2D eigenvalue weighted by Crippen LogP contribution is -2.34. The Hall–Kier alpha value is -2.66. The van der Waals surface area contributed by atoms with E-state index in [4.69, 9.17) is 14.2 Å². The SMILES string of the molecule is CCS(=O)(CC)=Nc1cc(C)c2c(Cc3ccc(F)cc3O[C@@H]3CO[C@H]4[C@@H]3OC[C@H]4O)ncnc2c1. The van der Waals surface area contributed by atoms with E-state index in [1.807, 2.05) is 32.9 Å². The van der Waals surface area contributed by atoms with Crippen LogP contribution in [0.15, 0.2) is 41.0 Å². The summed E-state index contributed by atoms with van der Waals surface area (Å²) in [6.45, 7) is 6.16. The predicted molar refractivity (Wildman–Crippen MR) is 135 cm³/mol. The Morgan fingerprint density at radius 3 is 2.69 bits per heavy atom. The van der Waals surface area contributed by atoms with Crippen LogP contribution in [-0.2, 0) is 25.6 Å². The first-order valence-corrected chi connectivity index (χ1v) is 14.0. The van der Waals surface area contributed by atoms with Crippen molar-refractivity contribution in [3.63, 3.8) is 0 Å². The van der Waals surface area contributed by atoms with E-state index in [0.29, 0.717) is 34.9 Å². The lowest BCUT2D eigenvalue weighted by molar-refractivity contribution is 0.00843. The maximum Gasteiger partial charge on any atom is 0.151 e. The number of hydrogen-bond acceptors (Lipinski definition) is 8. The Labute approximate surface area is 210 Å². The largest absolute Gasteiger partial charge is 0.485 e. The third-order valence-corrected chi connectivity index (χ3v) is 9.17. The molecule has 0 radical (unpaired) electrons. The van der Waals surface area contributed by atoms with Gasteiger partial charge in [-0.15, -0.1) is 0 Å². The Kier molecular flexibility index (Phi) is 6.95. The molecule has 1 N–H and O–H groups in total. The molecule has 2 aliphatic rings. The molecule has 5 rings (SSSR count). The van der Waals surface area contributed by atoms with Crippen LogP contribution in [0.25, 0.3) is 10.9 Å². The quantitative estimate of drug-likeness (QED) is 0.512. The van der Waals surface area contributed by atoms with Gasteiger partial charge in [-0.1, -0.05) is 19.9 Å². The molecular weight excluding hydrogens is 485 g/mol. The molecule has 0 saturated carbocycles. The van der Waals surface area contributed by atoms with E-state index < -0.39 is 40.0 Å². The number of benzene rings is 2. The molecule has 2 saturated heterocycles. The van der Waals surface area contributed by atoms with E-state index in [1.54, 1.807) is 6.07 Å². The molecule has 8 nitrogen and oxygen atoms in total. The third-order valence-electron chi connectivity index (χ3n) is 6.82. The monoisotopic (exact) mass is 515 g/mol. The second kappa shape index (κ2) is 10.0. The molecule has 0 spiro atoms. The summed E-state index contributed by atoms with van der Waals surface area (Å²) in [5.41, 5.74) is 3.78. The first kappa shape index (κ1) is 25.0. The number of aliphatic hydroxyl groups is 1. The van der Waals surface area contributed by atoms with Gasteiger partial charge in [0.05, 0.1) is 39.8 Å². The molecule has 0 aliphatic carbocycles. The average molecular weight is 516 g/mol. The molecule has 0 bridgehead atoms. The number of halogens is 1. The lowest BCUT2D eigenvalue weighted by atomic mass is 10.0. The van der Waals surface area contributed by atoms with Crippen LogP contribution >= 0.6 is 0 Å². The third kappa shape index (κ3) is 4.82. The molecule has 0 unspecified atom stereocenters. The highest BCUT2D eigenvalue weighted by Crippen LogP contribution is 2.33. The average Bonchev–Trinajstić information content (AvgIpc) is 3.43. The Bertz CT molecular complexity index is 1400. The van der Waals surface area contributed by atoms with Crippen LogP contribution in [0.4, 0.5) is 10.1 Å². The second-order valence-corrected chi connectivity index (χ2v) is 12.0. The predicted octanol–water partition coefficient (Wildman–Crippen LogP) is 3.71. The van der Waals surface area contributed by atoms with Gasteiger partial charge in [-0.05, 0) is 30.7 Å². The molecule has 2 aliphatic heterocycles. The summed E-state index contributed by atoms with van der Waals surface area (Å²) in [4.78, 5) is 8.97. The van der Waals surface area contributed by atoms with E-state index in [9.17, 15) is 13.7 Å². The highest BCUT2D eigenvalue weighted by molar-refractivity contribution is 7.93. The van der Waals surface area contributed by atoms with Gasteiger partial charge >= 0.3 is 0 Å². The van der Waals surface area contributed by atoms with Gasteiger partial charge < -0.3 is 19.3 Å². The molecule has 3 aromatic rings. The van der Waals surface area contributed by atoms with Gasteiger partial charge in [-0.2, -0.15) is 4.36 Å². The Morgan fingerprint density at radius 1 is 1.14 bits per heavy atom. The van der Waals surface area contributed by atoms with Crippen molar-refractivity contribution in [2.45, 2.75) is 51.6 Å². The molecule has 10 heteroatoms. The van der Waals surface area contributed by atoms with Crippen molar-refractivity contribution >= 4 is 26.3 Å². The van der Waals surface area contributed by atoms with Gasteiger partial charge in [0.1, 0.15) is 36.2 Å². The molecule has 2 fully saturated rings. The van der Waals surface area contributed by atoms with E-state index in [1.165, 1.54) is 18.5 Å². The fraction of sp³-hybridized carbons (Fsp3) is 0.462. The minimum Gasteiger partial charge on any atom is -0.485 e. The summed E-state index contributed by atoms with van der Waals surface area (Å²) >= 11 is 0. The van der Waals surface area contributed by atoms with E-state index >= 15 is 0 Å². The maximum atomic E-state index is 14.2. The van der Waals surface area contributed by atoms with Crippen molar-refractivity contribution in [2.75, 3.05) is 24.7 Å². The topological polar surface area (TPSA) is 103 Å². The molecule has 2 aromatic carbocycles. The Morgan fingerprint density at radius 2 is 1.92 bits per heavy atom. The molecule has 4 atom stereocenters.